The fourth-order valence-corrected chi connectivity index (χ4v) is 3.51. The third kappa shape index (κ3) is 4.27. The highest BCUT2D eigenvalue weighted by atomic mass is 35.5. The van der Waals surface area contributed by atoms with E-state index in [0.717, 1.165) is 10.5 Å². The molecule has 2 aromatic carbocycles. The number of amides is 4. The molecule has 1 N–H and O–H groups in total. The molecule has 7 heteroatoms. The summed E-state index contributed by atoms with van der Waals surface area (Å²) in [6.07, 6.45) is 0. The van der Waals surface area contributed by atoms with Crippen LogP contribution in [0.5, 0.6) is 0 Å². The van der Waals surface area contributed by atoms with E-state index >= 15 is 0 Å². The number of imide groups is 1. The van der Waals surface area contributed by atoms with E-state index in [2.05, 4.69) is 5.32 Å². The Bertz CT molecular complexity index is 915. The summed E-state index contributed by atoms with van der Waals surface area (Å²) in [6.45, 7) is 5.55. The van der Waals surface area contributed by atoms with Crippen LogP contribution >= 0.6 is 11.6 Å². The van der Waals surface area contributed by atoms with Crippen LogP contribution in [0.4, 0.5) is 4.79 Å². The van der Waals surface area contributed by atoms with Crippen LogP contribution in [0, 0.1) is 0 Å². The van der Waals surface area contributed by atoms with Gasteiger partial charge in [0.05, 0.1) is 0 Å². The highest BCUT2D eigenvalue weighted by Crippen LogP contribution is 2.29. The first-order valence-electron chi connectivity index (χ1n) is 9.46. The summed E-state index contributed by atoms with van der Waals surface area (Å²) in [5, 5.41) is 3.25. The van der Waals surface area contributed by atoms with Crippen molar-refractivity contribution in [2.45, 2.75) is 38.9 Å². The van der Waals surface area contributed by atoms with E-state index in [0.29, 0.717) is 17.1 Å². The van der Waals surface area contributed by atoms with Crippen LogP contribution in [-0.2, 0) is 21.7 Å². The molecule has 3 rings (SSSR count). The summed E-state index contributed by atoms with van der Waals surface area (Å²) in [4.78, 5) is 41.2. The van der Waals surface area contributed by atoms with Crippen molar-refractivity contribution in [1.82, 2.24) is 15.1 Å². The lowest BCUT2D eigenvalue weighted by molar-refractivity contribution is -0.140. The van der Waals surface area contributed by atoms with Gasteiger partial charge in [0, 0.05) is 17.6 Å². The molecular formula is C22H24ClN3O3. The van der Waals surface area contributed by atoms with Crippen molar-refractivity contribution in [2.75, 3.05) is 6.54 Å². The van der Waals surface area contributed by atoms with E-state index in [9.17, 15) is 14.4 Å². The molecule has 152 valence electrons. The van der Waals surface area contributed by atoms with Crippen LogP contribution in [0.3, 0.4) is 0 Å². The molecule has 0 radical (unpaired) electrons. The zero-order chi connectivity index (χ0) is 21.2. The van der Waals surface area contributed by atoms with Crippen molar-refractivity contribution in [2.24, 2.45) is 0 Å². The lowest BCUT2D eigenvalue weighted by atomic mass is 9.92. The Labute approximate surface area is 175 Å². The summed E-state index contributed by atoms with van der Waals surface area (Å²) in [5.41, 5.74) is 0.363. The standard InChI is InChI=1S/C22H24ClN3O3/c1-15(2)25(13-16-7-5-4-6-8-16)19(27)14-26-20(28)22(3,24-21(26)29)17-9-11-18(23)12-10-17/h4-12,15H,13-14H2,1-3H3,(H,24,29). The van der Waals surface area contributed by atoms with Crippen molar-refractivity contribution in [3.63, 3.8) is 0 Å². The van der Waals surface area contributed by atoms with Gasteiger partial charge in [-0.1, -0.05) is 54.1 Å². The summed E-state index contributed by atoms with van der Waals surface area (Å²) in [5.74, 6) is -0.741. The van der Waals surface area contributed by atoms with Crippen LogP contribution in [0.2, 0.25) is 5.02 Å². The van der Waals surface area contributed by atoms with Gasteiger partial charge in [-0.3, -0.25) is 14.5 Å². The molecule has 1 aliphatic rings. The Balaban J connectivity index is 1.77. The molecule has 4 amide bonds. The topological polar surface area (TPSA) is 69.7 Å². The first-order valence-corrected chi connectivity index (χ1v) is 9.83. The number of carbonyl (C=O) groups excluding carboxylic acids is 3. The van der Waals surface area contributed by atoms with Gasteiger partial charge in [0.2, 0.25) is 5.91 Å². The molecule has 0 spiro atoms. The first-order chi connectivity index (χ1) is 13.7. The number of rotatable bonds is 6. The largest absolute Gasteiger partial charge is 0.334 e. The zero-order valence-electron chi connectivity index (χ0n) is 16.7. The molecule has 6 nitrogen and oxygen atoms in total. The molecule has 29 heavy (non-hydrogen) atoms. The first kappa shape index (κ1) is 20.9. The van der Waals surface area contributed by atoms with Gasteiger partial charge in [-0.05, 0) is 44.0 Å². The Morgan fingerprint density at radius 2 is 1.72 bits per heavy atom. The Morgan fingerprint density at radius 1 is 1.10 bits per heavy atom. The molecule has 0 aliphatic carbocycles. The maximum absolute atomic E-state index is 13.0. The molecule has 1 saturated heterocycles. The number of urea groups is 1. The normalized spacial score (nSPS) is 18.9. The SMILES string of the molecule is CC(C)N(Cc1ccccc1)C(=O)CN1C(=O)NC(C)(c2ccc(Cl)cc2)C1=O. The Morgan fingerprint density at radius 3 is 2.31 bits per heavy atom. The lowest BCUT2D eigenvalue weighted by Crippen LogP contribution is -2.46. The molecule has 1 aliphatic heterocycles. The van der Waals surface area contributed by atoms with Gasteiger partial charge in [0.25, 0.3) is 5.91 Å². The van der Waals surface area contributed by atoms with Crippen LogP contribution in [-0.4, -0.2) is 40.2 Å². The smallest absolute Gasteiger partial charge is 0.325 e. The quantitative estimate of drug-likeness (QED) is 0.736. The fourth-order valence-electron chi connectivity index (χ4n) is 3.38. The van der Waals surface area contributed by atoms with Gasteiger partial charge in [0.1, 0.15) is 12.1 Å². The molecule has 1 unspecified atom stereocenters. The highest BCUT2D eigenvalue weighted by Gasteiger charge is 2.49. The lowest BCUT2D eigenvalue weighted by Gasteiger charge is -2.28. The maximum atomic E-state index is 13.0. The number of halogens is 1. The second-order valence-electron chi connectivity index (χ2n) is 7.55. The fraction of sp³-hybridized carbons (Fsp3) is 0.318. The molecular weight excluding hydrogens is 390 g/mol. The number of carbonyl (C=O) groups is 3. The number of nitrogens with zero attached hydrogens (tertiary/aromatic N) is 2. The third-order valence-electron chi connectivity index (χ3n) is 5.13. The van der Waals surface area contributed by atoms with E-state index in [1.807, 2.05) is 44.2 Å². The van der Waals surface area contributed by atoms with E-state index in [4.69, 9.17) is 11.6 Å². The van der Waals surface area contributed by atoms with E-state index in [1.54, 1.807) is 36.1 Å². The van der Waals surface area contributed by atoms with Gasteiger partial charge in [-0.2, -0.15) is 0 Å². The van der Waals surface area contributed by atoms with Crippen LogP contribution in [0.15, 0.2) is 54.6 Å². The van der Waals surface area contributed by atoms with Gasteiger partial charge in [-0.25, -0.2) is 4.79 Å². The number of hydrogen-bond donors (Lipinski definition) is 1. The molecule has 2 aromatic rings. The van der Waals surface area contributed by atoms with E-state index in [1.165, 1.54) is 0 Å². The highest BCUT2D eigenvalue weighted by molar-refractivity contribution is 6.30. The average Bonchev–Trinajstić information content (AvgIpc) is 2.91. The third-order valence-corrected chi connectivity index (χ3v) is 5.38. The van der Waals surface area contributed by atoms with Gasteiger partial charge in [0.15, 0.2) is 0 Å². The van der Waals surface area contributed by atoms with Crippen LogP contribution in [0.25, 0.3) is 0 Å². The van der Waals surface area contributed by atoms with Crippen molar-refractivity contribution in [3.05, 3.63) is 70.7 Å². The molecule has 1 fully saturated rings. The summed E-state index contributed by atoms with van der Waals surface area (Å²) in [7, 11) is 0. The van der Waals surface area contributed by atoms with Crippen molar-refractivity contribution >= 4 is 29.4 Å². The maximum Gasteiger partial charge on any atom is 0.325 e. The van der Waals surface area contributed by atoms with Crippen molar-refractivity contribution in [1.29, 1.82) is 0 Å². The van der Waals surface area contributed by atoms with Crippen molar-refractivity contribution in [3.8, 4) is 0 Å². The van der Waals surface area contributed by atoms with Crippen LogP contribution in [0.1, 0.15) is 31.9 Å². The minimum Gasteiger partial charge on any atom is -0.334 e. The van der Waals surface area contributed by atoms with Crippen molar-refractivity contribution < 1.29 is 14.4 Å². The second kappa shape index (κ2) is 8.25. The second-order valence-corrected chi connectivity index (χ2v) is 7.99. The molecule has 1 atom stereocenters. The predicted octanol–water partition coefficient (Wildman–Crippen LogP) is 3.54. The van der Waals surface area contributed by atoms with Gasteiger partial charge >= 0.3 is 6.03 Å². The van der Waals surface area contributed by atoms with E-state index in [-0.39, 0.29) is 18.5 Å². The molecule has 1 heterocycles. The number of hydrogen-bond acceptors (Lipinski definition) is 3. The zero-order valence-corrected chi connectivity index (χ0v) is 17.4. The average molecular weight is 414 g/mol. The minimum atomic E-state index is -1.23. The molecule has 0 aromatic heterocycles. The van der Waals surface area contributed by atoms with Crippen LogP contribution < -0.4 is 5.32 Å². The predicted molar refractivity (Wildman–Crippen MR) is 111 cm³/mol. The number of nitrogens with one attached hydrogen (secondary N) is 1. The van der Waals surface area contributed by atoms with Gasteiger partial charge < -0.3 is 10.2 Å². The summed E-state index contributed by atoms with van der Waals surface area (Å²) >= 11 is 5.92. The van der Waals surface area contributed by atoms with Gasteiger partial charge in [-0.15, -0.1) is 0 Å². The molecule has 0 saturated carbocycles. The van der Waals surface area contributed by atoms with E-state index < -0.39 is 17.5 Å². The monoisotopic (exact) mass is 413 g/mol. The summed E-state index contributed by atoms with van der Waals surface area (Å²) in [6, 6.07) is 15.7. The number of benzene rings is 2. The molecule has 0 bridgehead atoms. The minimum absolute atomic E-state index is 0.0777. The Kier molecular flexibility index (Phi) is 5.94. The Hall–Kier alpha value is -2.86. The summed E-state index contributed by atoms with van der Waals surface area (Å²) < 4.78 is 0.